The number of hydrogen-bond donors (Lipinski definition) is 2. The van der Waals surface area contributed by atoms with Gasteiger partial charge in [-0.2, -0.15) is 0 Å². The minimum Gasteiger partial charge on any atom is -0.308 e. The number of benzene rings is 2. The molecule has 4 heteroatoms. The molecule has 0 unspecified atom stereocenters. The number of carbonyl (C=O) groups is 1. The largest absolute Gasteiger partial charge is 0.323 e. The van der Waals surface area contributed by atoms with Gasteiger partial charge in [-0.15, -0.1) is 0 Å². The van der Waals surface area contributed by atoms with Gasteiger partial charge in [0.15, 0.2) is 0 Å². The van der Waals surface area contributed by atoms with E-state index in [1.807, 2.05) is 43.3 Å². The van der Waals surface area contributed by atoms with E-state index in [4.69, 9.17) is 11.6 Å². The molecule has 0 atom stereocenters. The smallest absolute Gasteiger partial charge is 0.308 e. The van der Waals surface area contributed by atoms with Gasteiger partial charge < -0.3 is 10.6 Å². The van der Waals surface area contributed by atoms with Gasteiger partial charge in [-0.3, -0.25) is 0 Å². The van der Waals surface area contributed by atoms with Crippen LogP contribution in [0.1, 0.15) is 18.1 Å². The number of carbonyl (C=O) groups excluding carboxylic acids is 1. The van der Waals surface area contributed by atoms with Gasteiger partial charge >= 0.3 is 6.03 Å². The molecule has 2 aromatic rings. The number of hydrogen-bond acceptors (Lipinski definition) is 1. The van der Waals surface area contributed by atoms with Crippen molar-refractivity contribution in [2.75, 3.05) is 10.6 Å². The highest BCUT2D eigenvalue weighted by atomic mass is 35.5. The van der Waals surface area contributed by atoms with Gasteiger partial charge in [-0.1, -0.05) is 42.8 Å². The van der Waals surface area contributed by atoms with E-state index < -0.39 is 0 Å². The maximum Gasteiger partial charge on any atom is 0.323 e. The predicted octanol–water partition coefficient (Wildman–Crippen LogP) is 4.85. The number of nitrogens with one attached hydrogen (secondary N) is 2. The van der Waals surface area contributed by atoms with Crippen LogP contribution >= 0.6 is 11.6 Å². The summed E-state index contributed by atoms with van der Waals surface area (Å²) >= 11 is 6.03. The van der Waals surface area contributed by atoms with Crippen LogP contribution in [0.5, 0.6) is 0 Å². The Labute approximate surface area is 124 Å². The van der Waals surface area contributed by atoms with E-state index in [1.165, 1.54) is 0 Å². The quantitative estimate of drug-likeness (QED) is 0.832. The molecule has 0 heterocycles. The van der Waals surface area contributed by atoms with Crippen molar-refractivity contribution in [2.45, 2.75) is 20.3 Å². The predicted molar refractivity (Wildman–Crippen MR) is 84.7 cm³/mol. The van der Waals surface area contributed by atoms with Crippen molar-refractivity contribution in [3.05, 3.63) is 58.6 Å². The minimum atomic E-state index is -0.272. The topological polar surface area (TPSA) is 41.1 Å². The number of halogens is 1. The fraction of sp³-hybridized carbons (Fsp3) is 0.188. The lowest BCUT2D eigenvalue weighted by atomic mass is 10.1. The molecule has 20 heavy (non-hydrogen) atoms. The minimum absolute atomic E-state index is 0.272. The van der Waals surface area contributed by atoms with Crippen LogP contribution in [0.3, 0.4) is 0 Å². The maximum absolute atomic E-state index is 12.0. The van der Waals surface area contributed by atoms with Crippen molar-refractivity contribution in [1.82, 2.24) is 0 Å². The zero-order chi connectivity index (χ0) is 14.5. The summed E-state index contributed by atoms with van der Waals surface area (Å²) < 4.78 is 0. The zero-order valence-electron chi connectivity index (χ0n) is 11.5. The molecule has 0 aliphatic carbocycles. The Morgan fingerprint density at radius 3 is 2.60 bits per heavy atom. The van der Waals surface area contributed by atoms with Crippen LogP contribution in [0.2, 0.25) is 5.02 Å². The molecule has 0 radical (unpaired) electrons. The first kappa shape index (κ1) is 14.4. The molecule has 0 fully saturated rings. The highest BCUT2D eigenvalue weighted by Crippen LogP contribution is 2.20. The molecule has 2 amide bonds. The van der Waals surface area contributed by atoms with Crippen LogP contribution in [0.15, 0.2) is 42.5 Å². The third-order valence-corrected chi connectivity index (χ3v) is 3.48. The second kappa shape index (κ2) is 6.44. The van der Waals surface area contributed by atoms with E-state index >= 15 is 0 Å². The van der Waals surface area contributed by atoms with Crippen molar-refractivity contribution >= 4 is 29.0 Å². The summed E-state index contributed by atoms with van der Waals surface area (Å²) in [5.41, 5.74) is 3.58. The molecule has 0 bridgehead atoms. The Bertz CT molecular complexity index is 626. The number of anilines is 2. The highest BCUT2D eigenvalue weighted by molar-refractivity contribution is 6.31. The van der Waals surface area contributed by atoms with Crippen LogP contribution in [0.25, 0.3) is 0 Å². The van der Waals surface area contributed by atoms with E-state index in [9.17, 15) is 4.79 Å². The second-order valence-corrected chi connectivity index (χ2v) is 4.96. The number of amides is 2. The molecule has 0 spiro atoms. The third kappa shape index (κ3) is 3.52. The van der Waals surface area contributed by atoms with Gasteiger partial charge in [0, 0.05) is 16.4 Å². The Hall–Kier alpha value is -2.00. The lowest BCUT2D eigenvalue weighted by Gasteiger charge is -2.11. The van der Waals surface area contributed by atoms with Crippen molar-refractivity contribution in [3.8, 4) is 0 Å². The zero-order valence-corrected chi connectivity index (χ0v) is 12.3. The molecule has 0 aromatic heterocycles. The summed E-state index contributed by atoms with van der Waals surface area (Å²) in [6.45, 7) is 3.97. The van der Waals surface area contributed by atoms with Crippen LogP contribution in [0.4, 0.5) is 16.2 Å². The summed E-state index contributed by atoms with van der Waals surface area (Å²) in [4.78, 5) is 12.0. The lowest BCUT2D eigenvalue weighted by Crippen LogP contribution is -2.20. The summed E-state index contributed by atoms with van der Waals surface area (Å²) in [6, 6.07) is 12.9. The first-order valence-corrected chi connectivity index (χ1v) is 6.90. The number of para-hydroxylation sites is 1. The van der Waals surface area contributed by atoms with Gasteiger partial charge in [0.25, 0.3) is 0 Å². The Morgan fingerprint density at radius 1 is 1.15 bits per heavy atom. The first-order chi connectivity index (χ1) is 9.60. The summed E-state index contributed by atoms with van der Waals surface area (Å²) in [6.07, 6.45) is 0.868. The van der Waals surface area contributed by atoms with Gasteiger partial charge in [-0.25, -0.2) is 4.79 Å². The molecule has 0 saturated heterocycles. The van der Waals surface area contributed by atoms with E-state index in [0.717, 1.165) is 23.2 Å². The molecular formula is C16H17ClN2O. The van der Waals surface area contributed by atoms with E-state index in [-0.39, 0.29) is 6.03 Å². The summed E-state index contributed by atoms with van der Waals surface area (Å²) in [5.74, 6) is 0. The second-order valence-electron chi connectivity index (χ2n) is 4.55. The highest BCUT2D eigenvalue weighted by Gasteiger charge is 2.06. The molecular weight excluding hydrogens is 272 g/mol. The average Bonchev–Trinajstić information content (AvgIpc) is 2.43. The van der Waals surface area contributed by atoms with E-state index in [2.05, 4.69) is 17.6 Å². The van der Waals surface area contributed by atoms with E-state index in [0.29, 0.717) is 10.7 Å². The molecule has 3 nitrogen and oxygen atoms in total. The molecule has 0 saturated carbocycles. The lowest BCUT2D eigenvalue weighted by molar-refractivity contribution is 0.262. The number of urea groups is 1. The van der Waals surface area contributed by atoms with Gasteiger partial charge in [0.05, 0.1) is 0 Å². The summed E-state index contributed by atoms with van der Waals surface area (Å²) in [7, 11) is 0. The van der Waals surface area contributed by atoms with Crippen LogP contribution in [-0.4, -0.2) is 6.03 Å². The molecule has 2 aromatic carbocycles. The SMILES string of the molecule is CCc1ccccc1NC(=O)Nc1ccc(C)c(Cl)c1. The van der Waals surface area contributed by atoms with Crippen molar-refractivity contribution in [2.24, 2.45) is 0 Å². The van der Waals surface area contributed by atoms with Crippen LogP contribution in [-0.2, 0) is 6.42 Å². The van der Waals surface area contributed by atoms with Crippen molar-refractivity contribution < 1.29 is 4.79 Å². The Morgan fingerprint density at radius 2 is 1.90 bits per heavy atom. The Kier molecular flexibility index (Phi) is 4.64. The molecule has 104 valence electrons. The van der Waals surface area contributed by atoms with Crippen molar-refractivity contribution in [3.63, 3.8) is 0 Å². The fourth-order valence-corrected chi connectivity index (χ4v) is 2.09. The Balaban J connectivity index is 2.07. The van der Waals surface area contributed by atoms with Crippen molar-refractivity contribution in [1.29, 1.82) is 0 Å². The van der Waals surface area contributed by atoms with Crippen LogP contribution in [0, 0.1) is 6.92 Å². The summed E-state index contributed by atoms with van der Waals surface area (Å²) in [5, 5.41) is 6.26. The molecule has 2 N–H and O–H groups in total. The monoisotopic (exact) mass is 288 g/mol. The van der Waals surface area contributed by atoms with Gasteiger partial charge in [0.1, 0.15) is 0 Å². The number of rotatable bonds is 3. The van der Waals surface area contributed by atoms with E-state index in [1.54, 1.807) is 6.07 Å². The molecule has 2 rings (SSSR count). The molecule has 0 aliphatic rings. The normalized spacial score (nSPS) is 10.2. The number of aryl methyl sites for hydroxylation is 2. The fourth-order valence-electron chi connectivity index (χ4n) is 1.91. The third-order valence-electron chi connectivity index (χ3n) is 3.08. The average molecular weight is 289 g/mol. The standard InChI is InChI=1S/C16H17ClN2O/c1-3-12-6-4-5-7-15(12)19-16(20)18-13-9-8-11(2)14(17)10-13/h4-10H,3H2,1-2H3,(H2,18,19,20). The van der Waals surface area contributed by atoms with Gasteiger partial charge in [-0.05, 0) is 42.7 Å². The first-order valence-electron chi connectivity index (χ1n) is 6.52. The van der Waals surface area contributed by atoms with Gasteiger partial charge in [0.2, 0.25) is 0 Å². The van der Waals surface area contributed by atoms with Crippen LogP contribution < -0.4 is 10.6 Å². The molecule has 0 aliphatic heterocycles. The maximum atomic E-state index is 12.0.